The first-order valence-electron chi connectivity index (χ1n) is 9.87. The molecule has 3 aromatic rings. The van der Waals surface area contributed by atoms with Crippen LogP contribution in [0.2, 0.25) is 0 Å². The van der Waals surface area contributed by atoms with Gasteiger partial charge in [0.15, 0.2) is 6.10 Å². The molecule has 7 heteroatoms. The molecule has 0 saturated carbocycles. The number of benzene rings is 3. The van der Waals surface area contributed by atoms with Crippen molar-refractivity contribution in [3.8, 4) is 5.75 Å². The Balaban J connectivity index is 1.60. The van der Waals surface area contributed by atoms with Crippen LogP contribution in [0.25, 0.3) is 0 Å². The van der Waals surface area contributed by atoms with E-state index in [2.05, 4.69) is 15.9 Å². The van der Waals surface area contributed by atoms with Crippen LogP contribution in [0.1, 0.15) is 11.6 Å². The van der Waals surface area contributed by atoms with E-state index in [1.165, 1.54) is 4.90 Å². The van der Waals surface area contributed by atoms with Gasteiger partial charge >= 0.3 is 0 Å². The van der Waals surface area contributed by atoms with Crippen molar-refractivity contribution in [2.75, 3.05) is 17.1 Å². The number of hydrogen-bond acceptors (Lipinski definition) is 5. The number of methoxy groups -OCH3 is 1. The highest BCUT2D eigenvalue weighted by atomic mass is 79.9. The van der Waals surface area contributed by atoms with Crippen LogP contribution >= 0.6 is 15.9 Å². The highest BCUT2D eigenvalue weighted by Gasteiger charge is 2.60. The van der Waals surface area contributed by atoms with E-state index in [4.69, 9.17) is 9.57 Å². The number of nitrogens with zero attached hydrogens (tertiary/aromatic N) is 2. The molecule has 3 atom stereocenters. The van der Waals surface area contributed by atoms with Gasteiger partial charge in [-0.15, -0.1) is 0 Å². The number of carbonyl (C=O) groups is 2. The van der Waals surface area contributed by atoms with Crippen LogP contribution in [0.3, 0.4) is 0 Å². The summed E-state index contributed by atoms with van der Waals surface area (Å²) in [6, 6.07) is 23.7. The summed E-state index contributed by atoms with van der Waals surface area (Å²) in [7, 11) is 1.60. The zero-order chi connectivity index (χ0) is 21.5. The van der Waals surface area contributed by atoms with Crippen LogP contribution in [0.4, 0.5) is 11.4 Å². The van der Waals surface area contributed by atoms with E-state index in [-0.39, 0.29) is 11.8 Å². The summed E-state index contributed by atoms with van der Waals surface area (Å²) >= 11 is 3.41. The number of amides is 2. The van der Waals surface area contributed by atoms with Crippen molar-refractivity contribution in [2.24, 2.45) is 5.92 Å². The van der Waals surface area contributed by atoms with Gasteiger partial charge in [-0.2, -0.15) is 0 Å². The molecule has 2 heterocycles. The molecular formula is C24H19BrN2O4. The van der Waals surface area contributed by atoms with Crippen molar-refractivity contribution in [1.29, 1.82) is 0 Å². The second-order valence-electron chi connectivity index (χ2n) is 7.43. The van der Waals surface area contributed by atoms with Crippen LogP contribution in [-0.4, -0.2) is 25.0 Å². The Kier molecular flexibility index (Phi) is 5.00. The summed E-state index contributed by atoms with van der Waals surface area (Å²) in [5.74, 6) is -0.646. The van der Waals surface area contributed by atoms with E-state index in [1.807, 2.05) is 60.7 Å². The van der Waals surface area contributed by atoms with Crippen LogP contribution in [0.15, 0.2) is 83.3 Å². The Morgan fingerprint density at radius 2 is 1.61 bits per heavy atom. The van der Waals surface area contributed by atoms with E-state index >= 15 is 0 Å². The molecule has 0 bridgehead atoms. The number of ether oxygens (including phenoxy) is 1. The van der Waals surface area contributed by atoms with Crippen molar-refractivity contribution in [3.63, 3.8) is 0 Å². The summed E-state index contributed by atoms with van der Waals surface area (Å²) in [4.78, 5) is 34.3. The summed E-state index contributed by atoms with van der Waals surface area (Å²) in [6.45, 7) is 0. The van der Waals surface area contributed by atoms with Gasteiger partial charge in [-0.3, -0.25) is 14.4 Å². The number of para-hydroxylation sites is 1. The average molecular weight is 479 g/mol. The highest BCUT2D eigenvalue weighted by Crippen LogP contribution is 2.48. The van der Waals surface area contributed by atoms with E-state index in [0.717, 1.165) is 15.7 Å². The standard InChI is InChI=1S/C24H19BrN2O4/c1-30-19-12-5-7-15(13-19)21-20-22(31-27(21)17-9-3-2-4-10-17)24(29)26(23(20)28)18-11-6-8-16(25)14-18/h2-14,20-22H,1H3/t20-,21-,22-/m1/s1. The minimum atomic E-state index is -0.900. The predicted octanol–water partition coefficient (Wildman–Crippen LogP) is 4.51. The maximum atomic E-state index is 13.6. The second-order valence-corrected chi connectivity index (χ2v) is 8.34. The number of imide groups is 1. The smallest absolute Gasteiger partial charge is 0.266 e. The van der Waals surface area contributed by atoms with Crippen molar-refractivity contribution in [2.45, 2.75) is 12.1 Å². The normalized spacial score (nSPS) is 22.7. The Bertz CT molecular complexity index is 1150. The van der Waals surface area contributed by atoms with Gasteiger partial charge in [0.25, 0.3) is 5.91 Å². The molecule has 31 heavy (non-hydrogen) atoms. The van der Waals surface area contributed by atoms with Crippen LogP contribution < -0.4 is 14.7 Å². The number of anilines is 2. The Morgan fingerprint density at radius 3 is 2.35 bits per heavy atom. The van der Waals surface area contributed by atoms with E-state index < -0.39 is 18.1 Å². The summed E-state index contributed by atoms with van der Waals surface area (Å²) in [5.41, 5.74) is 2.14. The minimum Gasteiger partial charge on any atom is -0.497 e. The lowest BCUT2D eigenvalue weighted by Crippen LogP contribution is -2.37. The molecule has 156 valence electrons. The zero-order valence-electron chi connectivity index (χ0n) is 16.6. The molecule has 2 aliphatic rings. The summed E-state index contributed by atoms with van der Waals surface area (Å²) < 4.78 is 6.18. The van der Waals surface area contributed by atoms with Crippen molar-refractivity contribution in [3.05, 3.63) is 88.9 Å². The van der Waals surface area contributed by atoms with E-state index in [1.54, 1.807) is 30.4 Å². The Hall–Kier alpha value is -3.16. The molecule has 0 N–H and O–H groups in total. The largest absolute Gasteiger partial charge is 0.497 e. The molecule has 2 fully saturated rings. The van der Waals surface area contributed by atoms with Crippen LogP contribution in [0.5, 0.6) is 5.75 Å². The monoisotopic (exact) mass is 478 g/mol. The summed E-state index contributed by atoms with van der Waals surface area (Å²) in [5, 5.41) is 1.68. The number of hydrogen-bond donors (Lipinski definition) is 0. The third-order valence-electron chi connectivity index (χ3n) is 5.63. The van der Waals surface area contributed by atoms with E-state index in [0.29, 0.717) is 11.4 Å². The molecule has 0 spiro atoms. The fraction of sp³-hybridized carbons (Fsp3) is 0.167. The topological polar surface area (TPSA) is 59.1 Å². The first kappa shape index (κ1) is 19.8. The SMILES string of the molecule is COc1cccc([C@@H]2[C@H]3C(=O)N(c4cccc(Br)c4)C(=O)[C@@H]3ON2c2ccccc2)c1. The van der Waals surface area contributed by atoms with Gasteiger partial charge in [0.1, 0.15) is 11.7 Å². The lowest BCUT2D eigenvalue weighted by molar-refractivity contribution is -0.126. The number of fused-ring (bicyclic) bond motifs is 1. The Morgan fingerprint density at radius 1 is 0.871 bits per heavy atom. The van der Waals surface area contributed by atoms with Crippen LogP contribution in [-0.2, 0) is 14.4 Å². The van der Waals surface area contributed by atoms with Gasteiger partial charge in [-0.05, 0) is 48.0 Å². The lowest BCUT2D eigenvalue weighted by Gasteiger charge is -2.29. The highest BCUT2D eigenvalue weighted by molar-refractivity contribution is 9.10. The van der Waals surface area contributed by atoms with Gasteiger partial charge in [0.05, 0.1) is 24.5 Å². The first-order valence-corrected chi connectivity index (χ1v) is 10.7. The third kappa shape index (κ3) is 3.30. The van der Waals surface area contributed by atoms with Gasteiger partial charge in [0, 0.05) is 4.47 Å². The molecule has 0 unspecified atom stereocenters. The fourth-order valence-electron chi connectivity index (χ4n) is 4.25. The molecule has 2 saturated heterocycles. The molecule has 3 aromatic carbocycles. The predicted molar refractivity (Wildman–Crippen MR) is 120 cm³/mol. The second kappa shape index (κ2) is 7.83. The van der Waals surface area contributed by atoms with Crippen molar-refractivity contribution >= 4 is 39.1 Å². The first-order chi connectivity index (χ1) is 15.1. The molecular weight excluding hydrogens is 460 g/mol. The number of hydroxylamine groups is 1. The lowest BCUT2D eigenvalue weighted by atomic mass is 9.90. The number of carbonyl (C=O) groups excluding carboxylic acids is 2. The minimum absolute atomic E-state index is 0.278. The molecule has 2 aliphatic heterocycles. The maximum absolute atomic E-state index is 13.6. The van der Waals surface area contributed by atoms with Gasteiger partial charge in [0.2, 0.25) is 5.91 Å². The molecule has 5 rings (SSSR count). The van der Waals surface area contributed by atoms with E-state index in [9.17, 15) is 9.59 Å². The third-order valence-corrected chi connectivity index (χ3v) is 6.12. The van der Waals surface area contributed by atoms with Gasteiger partial charge < -0.3 is 4.74 Å². The quantitative estimate of drug-likeness (QED) is 0.516. The van der Waals surface area contributed by atoms with Crippen molar-refractivity contribution < 1.29 is 19.2 Å². The molecule has 0 aromatic heterocycles. The molecule has 0 aliphatic carbocycles. The van der Waals surface area contributed by atoms with Gasteiger partial charge in [-0.25, -0.2) is 9.96 Å². The average Bonchev–Trinajstić information content (AvgIpc) is 3.30. The number of halogens is 1. The molecule has 0 radical (unpaired) electrons. The molecule has 2 amide bonds. The molecule has 6 nitrogen and oxygen atoms in total. The maximum Gasteiger partial charge on any atom is 0.266 e. The zero-order valence-corrected chi connectivity index (χ0v) is 18.2. The van der Waals surface area contributed by atoms with Crippen LogP contribution in [0, 0.1) is 5.92 Å². The van der Waals surface area contributed by atoms with Crippen molar-refractivity contribution in [1.82, 2.24) is 0 Å². The summed E-state index contributed by atoms with van der Waals surface area (Å²) in [6.07, 6.45) is -0.900. The Labute approximate surface area is 188 Å². The van der Waals surface area contributed by atoms with Gasteiger partial charge in [-0.1, -0.05) is 52.3 Å². The fourth-order valence-corrected chi connectivity index (χ4v) is 4.63. The number of rotatable bonds is 4.